The van der Waals surface area contributed by atoms with E-state index in [0.29, 0.717) is 18.2 Å². The first-order valence-corrected chi connectivity index (χ1v) is 20.3. The van der Waals surface area contributed by atoms with Crippen molar-refractivity contribution in [2.45, 2.75) is 6.54 Å². The van der Waals surface area contributed by atoms with E-state index in [1.54, 1.807) is 11.3 Å². The zero-order valence-corrected chi connectivity index (χ0v) is 32.2. The number of nitrogens with zero attached hydrogens (tertiary/aromatic N) is 2. The molecule has 0 unspecified atom stereocenters. The standard InChI is InChI=1S/C53H35N3OS/c54-52(34-13-2-1-3-14-34)56-53(37-27-29-44-43-18-8-9-23-48(43)58-49(44)31-37)55-32-38-15-5-7-17-40(38)45-20-11-22-47-50(45)46-21-10-19-42(51(46)57-47)36-26-28-41-35(30-36)25-24-33-12-4-6-16-39(33)41/h1-31H,32H2,(H2,54,55,56). The van der Waals surface area contributed by atoms with Gasteiger partial charge in [0.25, 0.3) is 0 Å². The van der Waals surface area contributed by atoms with Gasteiger partial charge in [-0.05, 0) is 68.1 Å². The first kappa shape index (κ1) is 34.0. The van der Waals surface area contributed by atoms with Crippen LogP contribution in [0.1, 0.15) is 16.7 Å². The number of hydrogen-bond donors (Lipinski definition) is 1. The summed E-state index contributed by atoms with van der Waals surface area (Å²) in [5.41, 5.74) is 15.7. The number of hydrogen-bond acceptors (Lipinski definition) is 3. The van der Waals surface area contributed by atoms with Crippen LogP contribution in [0.25, 0.3) is 85.9 Å². The highest BCUT2D eigenvalue weighted by Crippen LogP contribution is 2.42. The molecule has 0 saturated heterocycles. The van der Waals surface area contributed by atoms with Gasteiger partial charge < -0.3 is 10.2 Å². The molecule has 0 bridgehead atoms. The van der Waals surface area contributed by atoms with E-state index < -0.39 is 0 Å². The Labute approximate surface area is 338 Å². The maximum Gasteiger partial charge on any atom is 0.157 e. The van der Waals surface area contributed by atoms with Crippen molar-refractivity contribution in [1.29, 1.82) is 0 Å². The Hall–Kier alpha value is -7.34. The lowest BCUT2D eigenvalue weighted by Gasteiger charge is -2.11. The number of rotatable bonds is 6. The maximum atomic E-state index is 6.76. The molecule has 0 fully saturated rings. The van der Waals surface area contributed by atoms with E-state index in [9.17, 15) is 0 Å². The quantitative estimate of drug-likeness (QED) is 0.104. The lowest BCUT2D eigenvalue weighted by molar-refractivity contribution is 0.670. The first-order chi connectivity index (χ1) is 28.7. The van der Waals surface area contributed by atoms with Crippen LogP contribution in [-0.2, 0) is 6.54 Å². The van der Waals surface area contributed by atoms with E-state index in [1.165, 1.54) is 41.7 Å². The minimum atomic E-state index is 0.407. The molecular weight excluding hydrogens is 727 g/mol. The molecule has 0 saturated carbocycles. The Morgan fingerprint density at radius 1 is 0.500 bits per heavy atom. The Morgan fingerprint density at radius 3 is 2.12 bits per heavy atom. The van der Waals surface area contributed by atoms with Crippen LogP contribution in [0.2, 0.25) is 0 Å². The van der Waals surface area contributed by atoms with Gasteiger partial charge in [0, 0.05) is 47.6 Å². The van der Waals surface area contributed by atoms with Gasteiger partial charge in [-0.2, -0.15) is 0 Å². The van der Waals surface area contributed by atoms with Gasteiger partial charge in [0.05, 0.1) is 6.54 Å². The van der Waals surface area contributed by atoms with Crippen molar-refractivity contribution < 1.29 is 4.42 Å². The van der Waals surface area contributed by atoms with E-state index >= 15 is 0 Å². The van der Waals surface area contributed by atoms with Gasteiger partial charge in [0.2, 0.25) is 0 Å². The van der Waals surface area contributed by atoms with Crippen LogP contribution in [0.3, 0.4) is 0 Å². The third-order valence-corrected chi connectivity index (χ3v) is 12.4. The first-order valence-electron chi connectivity index (χ1n) is 19.5. The predicted molar refractivity (Wildman–Crippen MR) is 246 cm³/mol. The van der Waals surface area contributed by atoms with Crippen LogP contribution in [0.5, 0.6) is 0 Å². The summed E-state index contributed by atoms with van der Waals surface area (Å²) in [5.74, 6) is 1.02. The van der Waals surface area contributed by atoms with Gasteiger partial charge in [-0.15, -0.1) is 11.3 Å². The van der Waals surface area contributed by atoms with Gasteiger partial charge >= 0.3 is 0 Å². The van der Waals surface area contributed by atoms with Crippen molar-refractivity contribution in [2.24, 2.45) is 15.7 Å². The van der Waals surface area contributed by atoms with Crippen molar-refractivity contribution in [2.75, 3.05) is 0 Å². The predicted octanol–water partition coefficient (Wildman–Crippen LogP) is 13.9. The number of amidine groups is 2. The molecule has 58 heavy (non-hydrogen) atoms. The molecule has 0 amide bonds. The molecule has 11 rings (SSSR count). The second kappa shape index (κ2) is 14.0. The van der Waals surface area contributed by atoms with E-state index in [2.05, 4.69) is 158 Å². The van der Waals surface area contributed by atoms with Gasteiger partial charge in [0.1, 0.15) is 17.0 Å². The molecule has 0 aliphatic heterocycles. The van der Waals surface area contributed by atoms with Gasteiger partial charge in [-0.1, -0.05) is 164 Å². The Balaban J connectivity index is 1.02. The highest BCUT2D eigenvalue weighted by molar-refractivity contribution is 7.25. The number of nitrogens with two attached hydrogens (primary N) is 1. The monoisotopic (exact) mass is 761 g/mol. The molecular formula is C53H35N3OS. The van der Waals surface area contributed by atoms with Crippen LogP contribution >= 0.6 is 11.3 Å². The fourth-order valence-corrected chi connectivity index (χ4v) is 9.55. The molecule has 2 N–H and O–H groups in total. The summed E-state index contributed by atoms with van der Waals surface area (Å²) in [7, 11) is 0. The summed E-state index contributed by atoms with van der Waals surface area (Å²) in [6.07, 6.45) is 0. The molecule has 2 aromatic heterocycles. The molecule has 0 spiro atoms. The number of thiophene rings is 1. The van der Waals surface area contributed by atoms with Gasteiger partial charge in [-0.25, -0.2) is 4.99 Å². The lowest BCUT2D eigenvalue weighted by atomic mass is 9.93. The molecule has 0 atom stereocenters. The molecule has 5 heteroatoms. The van der Waals surface area contributed by atoms with E-state index in [4.69, 9.17) is 20.1 Å². The largest absolute Gasteiger partial charge is 0.455 e. The normalized spacial score (nSPS) is 12.5. The Bertz CT molecular complexity index is 3450. The number of para-hydroxylation sites is 1. The topological polar surface area (TPSA) is 63.9 Å². The third-order valence-electron chi connectivity index (χ3n) is 11.2. The molecule has 0 radical (unpaired) electrons. The molecule has 274 valence electrons. The minimum absolute atomic E-state index is 0.407. The smallest absolute Gasteiger partial charge is 0.157 e. The fraction of sp³-hybridized carbons (Fsp3) is 0.0189. The van der Waals surface area contributed by atoms with Crippen molar-refractivity contribution >= 4 is 86.7 Å². The highest BCUT2D eigenvalue weighted by Gasteiger charge is 2.18. The molecule has 11 aromatic rings. The number of aliphatic imine (C=N–C) groups is 2. The molecule has 2 heterocycles. The summed E-state index contributed by atoms with van der Waals surface area (Å²) in [6, 6.07) is 65.9. The van der Waals surface area contributed by atoms with E-state index in [0.717, 1.165) is 60.9 Å². The summed E-state index contributed by atoms with van der Waals surface area (Å²) in [5, 5.41) is 9.61. The van der Waals surface area contributed by atoms with Gasteiger partial charge in [0.15, 0.2) is 5.84 Å². The molecule has 0 aliphatic rings. The average Bonchev–Trinajstić information content (AvgIpc) is 3.86. The highest BCUT2D eigenvalue weighted by atomic mass is 32.1. The van der Waals surface area contributed by atoms with Crippen molar-refractivity contribution in [3.05, 3.63) is 205 Å². The Kier molecular flexibility index (Phi) is 8.19. The number of fused-ring (bicyclic) bond motifs is 9. The second-order valence-electron chi connectivity index (χ2n) is 14.7. The zero-order valence-electron chi connectivity index (χ0n) is 31.4. The van der Waals surface area contributed by atoms with Crippen LogP contribution in [-0.4, -0.2) is 11.7 Å². The lowest BCUT2D eigenvalue weighted by Crippen LogP contribution is -2.16. The fourth-order valence-electron chi connectivity index (χ4n) is 8.40. The average molecular weight is 762 g/mol. The zero-order chi connectivity index (χ0) is 38.6. The maximum absolute atomic E-state index is 6.76. The van der Waals surface area contributed by atoms with E-state index in [1.807, 2.05) is 30.3 Å². The molecule has 4 nitrogen and oxygen atoms in total. The van der Waals surface area contributed by atoms with Crippen molar-refractivity contribution in [3.63, 3.8) is 0 Å². The van der Waals surface area contributed by atoms with Crippen LogP contribution in [0.15, 0.2) is 202 Å². The summed E-state index contributed by atoms with van der Waals surface area (Å²) in [6.45, 7) is 0.407. The van der Waals surface area contributed by atoms with Crippen molar-refractivity contribution in [1.82, 2.24) is 0 Å². The minimum Gasteiger partial charge on any atom is -0.455 e. The van der Waals surface area contributed by atoms with Crippen LogP contribution < -0.4 is 5.73 Å². The third kappa shape index (κ3) is 5.83. The molecule has 0 aliphatic carbocycles. The number of benzene rings is 9. The SMILES string of the molecule is NC(=NC(=NCc1ccccc1-c1cccc2oc3c(-c4ccc5c(ccc6ccccc65)c4)cccc3c12)c1ccc2c(c1)sc1ccccc12)c1ccccc1. The second-order valence-corrected chi connectivity index (χ2v) is 15.7. The van der Waals surface area contributed by atoms with Crippen molar-refractivity contribution in [3.8, 4) is 22.3 Å². The molecule has 9 aromatic carbocycles. The number of furan rings is 1. The Morgan fingerprint density at radius 2 is 1.19 bits per heavy atom. The van der Waals surface area contributed by atoms with Crippen LogP contribution in [0.4, 0.5) is 0 Å². The van der Waals surface area contributed by atoms with Crippen LogP contribution in [0, 0.1) is 0 Å². The summed E-state index contributed by atoms with van der Waals surface area (Å²) in [4.78, 5) is 10.2. The summed E-state index contributed by atoms with van der Waals surface area (Å²) < 4.78 is 9.21. The van der Waals surface area contributed by atoms with Gasteiger partial charge in [-0.3, -0.25) is 4.99 Å². The summed E-state index contributed by atoms with van der Waals surface area (Å²) >= 11 is 1.78. The van der Waals surface area contributed by atoms with E-state index in [-0.39, 0.29) is 0 Å².